The summed E-state index contributed by atoms with van der Waals surface area (Å²) in [6, 6.07) is 15.8. The molecule has 0 aromatic heterocycles. The van der Waals surface area contributed by atoms with Crippen molar-refractivity contribution in [2.75, 3.05) is 6.61 Å². The fourth-order valence-corrected chi connectivity index (χ4v) is 4.49. The number of aliphatic carboxylic acids is 1. The van der Waals surface area contributed by atoms with Crippen LogP contribution in [-0.4, -0.2) is 41.3 Å². The minimum Gasteiger partial charge on any atom is -0.481 e. The highest BCUT2D eigenvalue weighted by atomic mass is 16.5. The number of carboxylic acids is 1. The molecule has 0 unspecified atom stereocenters. The van der Waals surface area contributed by atoms with Crippen LogP contribution in [0.1, 0.15) is 43.7 Å². The van der Waals surface area contributed by atoms with Gasteiger partial charge in [-0.05, 0) is 48.9 Å². The smallest absolute Gasteiger partial charge is 0.408 e. The number of carboxylic acid groups (broad SMARTS) is 1. The van der Waals surface area contributed by atoms with E-state index < -0.39 is 35.5 Å². The third kappa shape index (κ3) is 4.77. The number of hydrogen-bond acceptors (Lipinski definition) is 4. The average molecular weight is 449 g/mol. The predicted molar refractivity (Wildman–Crippen MR) is 124 cm³/mol. The summed E-state index contributed by atoms with van der Waals surface area (Å²) in [4.78, 5) is 36.6. The van der Waals surface area contributed by atoms with E-state index in [1.54, 1.807) is 26.0 Å². The van der Waals surface area contributed by atoms with Crippen LogP contribution in [-0.2, 0) is 14.3 Å². The SMILES string of the molecule is CC(C)(NC(=O)OCC1c2ccccc2-c2ccccc21)C(=O)N[C@@H]1C=CC[C@@H](C(=O)O)C1. The zero-order chi connectivity index (χ0) is 23.6. The van der Waals surface area contributed by atoms with Crippen LogP contribution in [0.25, 0.3) is 11.1 Å². The summed E-state index contributed by atoms with van der Waals surface area (Å²) in [5.74, 6) is -1.88. The van der Waals surface area contributed by atoms with Gasteiger partial charge in [-0.2, -0.15) is 0 Å². The maximum Gasteiger partial charge on any atom is 0.408 e. The Kier molecular flexibility index (Phi) is 6.22. The molecule has 0 fully saturated rings. The van der Waals surface area contributed by atoms with Crippen LogP contribution in [0.2, 0.25) is 0 Å². The first kappa shape index (κ1) is 22.6. The van der Waals surface area contributed by atoms with Crippen LogP contribution in [0.4, 0.5) is 4.79 Å². The first-order valence-corrected chi connectivity index (χ1v) is 11.1. The molecule has 2 aromatic carbocycles. The van der Waals surface area contributed by atoms with Crippen LogP contribution in [0.15, 0.2) is 60.7 Å². The molecule has 2 aliphatic rings. The number of carbonyl (C=O) groups excluding carboxylic acids is 2. The first-order valence-electron chi connectivity index (χ1n) is 11.1. The van der Waals surface area contributed by atoms with Gasteiger partial charge in [0.05, 0.1) is 5.92 Å². The standard InChI is InChI=1S/C26H28N2O5/c1-26(2,24(31)27-17-9-7-8-16(14-17)23(29)30)28-25(32)33-15-22-20-12-5-3-10-18(20)19-11-4-6-13-21(19)22/h3-7,9-13,16-17,22H,8,14-15H2,1-2H3,(H,27,31)(H,28,32)(H,29,30)/t16-,17-/m1/s1. The molecule has 2 amide bonds. The summed E-state index contributed by atoms with van der Waals surface area (Å²) in [5.41, 5.74) is 3.28. The maximum atomic E-state index is 12.8. The van der Waals surface area contributed by atoms with Crippen molar-refractivity contribution in [1.29, 1.82) is 0 Å². The molecular formula is C26H28N2O5. The van der Waals surface area contributed by atoms with Gasteiger partial charge < -0.3 is 20.5 Å². The number of allylic oxidation sites excluding steroid dienone is 1. The summed E-state index contributed by atoms with van der Waals surface area (Å²) < 4.78 is 5.54. The van der Waals surface area contributed by atoms with Crippen molar-refractivity contribution in [2.45, 2.75) is 44.2 Å². The number of rotatable bonds is 6. The van der Waals surface area contributed by atoms with Crippen molar-refractivity contribution in [3.8, 4) is 11.1 Å². The summed E-state index contributed by atoms with van der Waals surface area (Å²) in [7, 11) is 0. The highest BCUT2D eigenvalue weighted by Crippen LogP contribution is 2.44. The molecule has 0 saturated carbocycles. The number of fused-ring (bicyclic) bond motifs is 3. The van der Waals surface area contributed by atoms with E-state index in [4.69, 9.17) is 4.74 Å². The lowest BCUT2D eigenvalue weighted by molar-refractivity contribution is -0.142. The lowest BCUT2D eigenvalue weighted by atomic mass is 9.90. The third-order valence-corrected chi connectivity index (χ3v) is 6.32. The van der Waals surface area contributed by atoms with Crippen LogP contribution in [0, 0.1) is 5.92 Å². The molecule has 0 heterocycles. The Balaban J connectivity index is 1.36. The largest absolute Gasteiger partial charge is 0.481 e. The second-order valence-electron chi connectivity index (χ2n) is 9.09. The Morgan fingerprint density at radius 1 is 1.03 bits per heavy atom. The molecule has 0 spiro atoms. The van der Waals surface area contributed by atoms with Crippen LogP contribution in [0.3, 0.4) is 0 Å². The van der Waals surface area contributed by atoms with Crippen molar-refractivity contribution < 1.29 is 24.2 Å². The second kappa shape index (κ2) is 9.10. The second-order valence-corrected chi connectivity index (χ2v) is 9.09. The average Bonchev–Trinajstić information content (AvgIpc) is 3.11. The quantitative estimate of drug-likeness (QED) is 0.583. The minimum absolute atomic E-state index is 0.0691. The summed E-state index contributed by atoms with van der Waals surface area (Å²) in [6.45, 7) is 3.33. The van der Waals surface area contributed by atoms with Gasteiger partial charge in [-0.25, -0.2) is 4.79 Å². The first-order chi connectivity index (χ1) is 15.8. The van der Waals surface area contributed by atoms with Gasteiger partial charge >= 0.3 is 12.1 Å². The van der Waals surface area contributed by atoms with E-state index in [-0.39, 0.29) is 12.5 Å². The molecule has 4 rings (SSSR count). The van der Waals surface area contributed by atoms with E-state index >= 15 is 0 Å². The summed E-state index contributed by atoms with van der Waals surface area (Å²) >= 11 is 0. The Morgan fingerprint density at radius 2 is 1.64 bits per heavy atom. The van der Waals surface area contributed by atoms with Crippen molar-refractivity contribution in [2.24, 2.45) is 5.92 Å². The van der Waals surface area contributed by atoms with Crippen LogP contribution < -0.4 is 10.6 Å². The summed E-state index contributed by atoms with van der Waals surface area (Å²) in [5, 5.41) is 14.7. The number of nitrogens with one attached hydrogen (secondary N) is 2. The van der Waals surface area contributed by atoms with Gasteiger partial charge in [0.1, 0.15) is 12.1 Å². The molecule has 7 nitrogen and oxygen atoms in total. The number of ether oxygens (including phenoxy) is 1. The Hall–Kier alpha value is -3.61. The third-order valence-electron chi connectivity index (χ3n) is 6.32. The van der Waals surface area contributed by atoms with Gasteiger partial charge in [0.25, 0.3) is 0 Å². The molecule has 0 aliphatic heterocycles. The fourth-order valence-electron chi connectivity index (χ4n) is 4.49. The Labute approximate surface area is 192 Å². The van der Waals surface area contributed by atoms with Crippen LogP contribution in [0.5, 0.6) is 0 Å². The molecule has 172 valence electrons. The van der Waals surface area contributed by atoms with Crippen molar-refractivity contribution in [1.82, 2.24) is 10.6 Å². The van der Waals surface area contributed by atoms with Crippen LogP contribution >= 0.6 is 0 Å². The molecular weight excluding hydrogens is 420 g/mol. The molecule has 0 bridgehead atoms. The van der Waals surface area contributed by atoms with Gasteiger partial charge in [-0.15, -0.1) is 0 Å². The number of alkyl carbamates (subject to hydrolysis) is 1. The molecule has 2 aliphatic carbocycles. The van der Waals surface area contributed by atoms with E-state index in [0.29, 0.717) is 12.8 Å². The van der Waals surface area contributed by atoms with Gasteiger partial charge in [-0.3, -0.25) is 9.59 Å². The molecule has 7 heteroatoms. The number of amides is 2. The molecule has 2 aromatic rings. The molecule has 3 N–H and O–H groups in total. The minimum atomic E-state index is -1.23. The van der Waals surface area contributed by atoms with E-state index in [0.717, 1.165) is 22.3 Å². The number of carbonyl (C=O) groups is 3. The molecule has 0 saturated heterocycles. The van der Waals surface area contributed by atoms with Crippen molar-refractivity contribution >= 4 is 18.0 Å². The normalized spacial score (nSPS) is 19.3. The number of hydrogen-bond donors (Lipinski definition) is 3. The highest BCUT2D eigenvalue weighted by Gasteiger charge is 2.34. The Bertz CT molecular complexity index is 1060. The molecule has 0 radical (unpaired) electrons. The van der Waals surface area contributed by atoms with Gasteiger partial charge in [-0.1, -0.05) is 60.7 Å². The van der Waals surface area contributed by atoms with Gasteiger partial charge in [0.2, 0.25) is 5.91 Å². The lowest BCUT2D eigenvalue weighted by Crippen LogP contribution is -2.57. The Morgan fingerprint density at radius 3 is 2.24 bits per heavy atom. The maximum absolute atomic E-state index is 12.8. The predicted octanol–water partition coefficient (Wildman–Crippen LogP) is 3.84. The van der Waals surface area contributed by atoms with Crippen molar-refractivity contribution in [3.05, 3.63) is 71.8 Å². The lowest BCUT2D eigenvalue weighted by Gasteiger charge is -2.29. The van der Waals surface area contributed by atoms with E-state index in [2.05, 4.69) is 22.8 Å². The monoisotopic (exact) mass is 448 g/mol. The zero-order valence-corrected chi connectivity index (χ0v) is 18.7. The van der Waals surface area contributed by atoms with E-state index in [9.17, 15) is 19.5 Å². The zero-order valence-electron chi connectivity index (χ0n) is 18.7. The molecule has 33 heavy (non-hydrogen) atoms. The van der Waals surface area contributed by atoms with Crippen molar-refractivity contribution in [3.63, 3.8) is 0 Å². The van der Waals surface area contributed by atoms with E-state index in [1.165, 1.54) is 0 Å². The topological polar surface area (TPSA) is 105 Å². The summed E-state index contributed by atoms with van der Waals surface area (Å²) in [6.07, 6.45) is 3.64. The van der Waals surface area contributed by atoms with Gasteiger partial charge in [0, 0.05) is 12.0 Å². The molecule has 2 atom stereocenters. The fraction of sp³-hybridized carbons (Fsp3) is 0.346. The highest BCUT2D eigenvalue weighted by molar-refractivity contribution is 5.89. The van der Waals surface area contributed by atoms with E-state index in [1.807, 2.05) is 36.4 Å². The van der Waals surface area contributed by atoms with Gasteiger partial charge in [0.15, 0.2) is 0 Å². The number of benzene rings is 2.